The van der Waals surface area contributed by atoms with Crippen LogP contribution in [-0.2, 0) is 12.6 Å². The van der Waals surface area contributed by atoms with Gasteiger partial charge in [0.1, 0.15) is 5.03 Å². The molecule has 0 saturated heterocycles. The summed E-state index contributed by atoms with van der Waals surface area (Å²) >= 11 is 1.41. The first-order valence-electron chi connectivity index (χ1n) is 6.77. The van der Waals surface area contributed by atoms with E-state index in [1.54, 1.807) is 0 Å². The summed E-state index contributed by atoms with van der Waals surface area (Å²) in [6.45, 7) is 5.99. The minimum atomic E-state index is -4.52. The van der Waals surface area contributed by atoms with E-state index >= 15 is 0 Å². The third kappa shape index (κ3) is 3.48. The molecule has 0 aromatic carbocycles. The lowest BCUT2D eigenvalue weighted by molar-refractivity contribution is -0.145. The summed E-state index contributed by atoms with van der Waals surface area (Å²) in [6.07, 6.45) is -1.80. The molecule has 0 amide bonds. The standard InChI is InChI=1S/C13H17F3N4S/c1-4-5-9-6-17-11(21-7-8(2)3)10-18-19-12(20(9)10)13(14,15)16/h6,8H,4-5,7H2,1-3H3. The molecular weight excluding hydrogens is 301 g/mol. The number of aryl methyl sites for hydroxylation is 1. The second-order valence-corrected chi connectivity index (χ2v) is 6.20. The highest BCUT2D eigenvalue weighted by atomic mass is 32.2. The minimum absolute atomic E-state index is 0.193. The average molecular weight is 318 g/mol. The van der Waals surface area contributed by atoms with Crippen molar-refractivity contribution in [2.24, 2.45) is 5.92 Å². The molecular formula is C13H17F3N4S. The number of thioether (sulfide) groups is 1. The van der Waals surface area contributed by atoms with Crippen molar-refractivity contribution in [2.75, 3.05) is 5.75 Å². The van der Waals surface area contributed by atoms with Gasteiger partial charge in [-0.25, -0.2) is 4.98 Å². The molecule has 0 unspecified atom stereocenters. The van der Waals surface area contributed by atoms with Crippen LogP contribution < -0.4 is 0 Å². The molecule has 0 aliphatic heterocycles. The van der Waals surface area contributed by atoms with Gasteiger partial charge in [0.2, 0.25) is 5.82 Å². The molecule has 0 fully saturated rings. The Morgan fingerprint density at radius 2 is 2.00 bits per heavy atom. The molecule has 0 aliphatic carbocycles. The summed E-state index contributed by atoms with van der Waals surface area (Å²) in [5, 5.41) is 7.54. The van der Waals surface area contributed by atoms with Crippen molar-refractivity contribution in [3.05, 3.63) is 17.7 Å². The van der Waals surface area contributed by atoms with Crippen LogP contribution in [0.2, 0.25) is 0 Å². The quantitative estimate of drug-likeness (QED) is 0.786. The van der Waals surface area contributed by atoms with Crippen LogP contribution in [0, 0.1) is 5.92 Å². The maximum atomic E-state index is 13.1. The lowest BCUT2D eigenvalue weighted by Gasteiger charge is -2.11. The van der Waals surface area contributed by atoms with Crippen molar-refractivity contribution in [3.63, 3.8) is 0 Å². The van der Waals surface area contributed by atoms with E-state index < -0.39 is 12.0 Å². The lowest BCUT2D eigenvalue weighted by Crippen LogP contribution is -2.14. The lowest BCUT2D eigenvalue weighted by atomic mass is 10.2. The van der Waals surface area contributed by atoms with Gasteiger partial charge in [-0.1, -0.05) is 27.2 Å². The van der Waals surface area contributed by atoms with Crippen LogP contribution in [0.15, 0.2) is 11.2 Å². The van der Waals surface area contributed by atoms with E-state index in [0.29, 0.717) is 23.1 Å². The SMILES string of the molecule is CCCc1cnc(SCC(C)C)c2nnc(C(F)(F)F)n12. The van der Waals surface area contributed by atoms with Crippen LogP contribution in [0.25, 0.3) is 5.65 Å². The number of halogens is 3. The smallest absolute Gasteiger partial charge is 0.272 e. The second kappa shape index (κ2) is 6.21. The van der Waals surface area contributed by atoms with E-state index in [9.17, 15) is 13.2 Å². The van der Waals surface area contributed by atoms with Crippen LogP contribution in [0.3, 0.4) is 0 Å². The molecule has 0 aliphatic rings. The summed E-state index contributed by atoms with van der Waals surface area (Å²) in [6, 6.07) is 0. The van der Waals surface area contributed by atoms with Crippen molar-refractivity contribution < 1.29 is 13.2 Å². The maximum Gasteiger partial charge on any atom is 0.452 e. The topological polar surface area (TPSA) is 43.1 Å². The van der Waals surface area contributed by atoms with Crippen LogP contribution in [0.1, 0.15) is 38.7 Å². The van der Waals surface area contributed by atoms with Crippen molar-refractivity contribution in [3.8, 4) is 0 Å². The number of aromatic nitrogens is 4. The van der Waals surface area contributed by atoms with E-state index in [4.69, 9.17) is 0 Å². The highest BCUT2D eigenvalue weighted by molar-refractivity contribution is 7.99. The highest BCUT2D eigenvalue weighted by Crippen LogP contribution is 2.31. The summed E-state index contributed by atoms with van der Waals surface area (Å²) in [4.78, 5) is 4.27. The fraction of sp³-hybridized carbons (Fsp3) is 0.615. The molecule has 0 bridgehead atoms. The zero-order valence-corrected chi connectivity index (χ0v) is 12.9. The van der Waals surface area contributed by atoms with Gasteiger partial charge in [-0.2, -0.15) is 13.2 Å². The number of rotatable bonds is 5. The van der Waals surface area contributed by atoms with Gasteiger partial charge in [-0.15, -0.1) is 22.0 Å². The summed E-state index contributed by atoms with van der Waals surface area (Å²) in [7, 11) is 0. The fourth-order valence-corrected chi connectivity index (χ4v) is 2.79. The number of alkyl halides is 3. The van der Waals surface area contributed by atoms with Crippen LogP contribution in [0.4, 0.5) is 13.2 Å². The Kier molecular flexibility index (Phi) is 4.75. The van der Waals surface area contributed by atoms with Crippen LogP contribution in [0.5, 0.6) is 0 Å². The van der Waals surface area contributed by atoms with E-state index in [1.165, 1.54) is 18.0 Å². The zero-order chi connectivity index (χ0) is 15.6. The highest BCUT2D eigenvalue weighted by Gasteiger charge is 2.38. The maximum absolute atomic E-state index is 13.1. The van der Waals surface area contributed by atoms with Crippen LogP contribution >= 0.6 is 11.8 Å². The van der Waals surface area contributed by atoms with Gasteiger partial charge in [0.15, 0.2) is 5.65 Å². The molecule has 2 rings (SSSR count). The molecule has 2 aromatic rings. The Hall–Kier alpha value is -1.31. The number of hydrogen-bond donors (Lipinski definition) is 0. The number of nitrogens with zero attached hydrogens (tertiary/aromatic N) is 4. The molecule has 0 radical (unpaired) electrons. The molecule has 0 atom stereocenters. The number of fused-ring (bicyclic) bond motifs is 1. The van der Waals surface area contributed by atoms with Crippen LogP contribution in [-0.4, -0.2) is 25.3 Å². The Morgan fingerprint density at radius 1 is 1.29 bits per heavy atom. The largest absolute Gasteiger partial charge is 0.452 e. The Morgan fingerprint density at radius 3 is 2.57 bits per heavy atom. The fourth-order valence-electron chi connectivity index (χ4n) is 1.91. The third-order valence-electron chi connectivity index (χ3n) is 2.79. The first-order valence-corrected chi connectivity index (χ1v) is 7.76. The van der Waals surface area contributed by atoms with E-state index in [0.717, 1.165) is 16.6 Å². The molecule has 2 heterocycles. The van der Waals surface area contributed by atoms with Crippen molar-refractivity contribution in [1.29, 1.82) is 0 Å². The Labute approximate surface area is 125 Å². The molecule has 4 nitrogen and oxygen atoms in total. The first-order chi connectivity index (χ1) is 9.84. The molecule has 8 heteroatoms. The molecule has 2 aromatic heterocycles. The Bertz CT molecular complexity index is 622. The van der Waals surface area contributed by atoms with Crippen molar-refractivity contribution in [2.45, 2.75) is 44.8 Å². The van der Waals surface area contributed by atoms with E-state index in [-0.39, 0.29) is 5.65 Å². The van der Waals surface area contributed by atoms with Gasteiger partial charge in [-0.05, 0) is 12.3 Å². The van der Waals surface area contributed by atoms with Gasteiger partial charge in [0, 0.05) is 17.6 Å². The molecule has 0 saturated carbocycles. The second-order valence-electron chi connectivity index (χ2n) is 5.19. The van der Waals surface area contributed by atoms with E-state index in [1.807, 2.05) is 20.8 Å². The molecule has 21 heavy (non-hydrogen) atoms. The molecule has 116 valence electrons. The van der Waals surface area contributed by atoms with Gasteiger partial charge >= 0.3 is 6.18 Å². The summed E-state index contributed by atoms with van der Waals surface area (Å²) in [5.74, 6) is 0.205. The zero-order valence-electron chi connectivity index (χ0n) is 12.1. The predicted molar refractivity (Wildman–Crippen MR) is 75.3 cm³/mol. The van der Waals surface area contributed by atoms with E-state index in [2.05, 4.69) is 15.2 Å². The average Bonchev–Trinajstić information content (AvgIpc) is 2.83. The molecule has 0 spiro atoms. The summed E-state index contributed by atoms with van der Waals surface area (Å²) < 4.78 is 40.3. The molecule has 0 N–H and O–H groups in total. The van der Waals surface area contributed by atoms with Crippen molar-refractivity contribution >= 4 is 17.4 Å². The predicted octanol–water partition coefficient (Wildman–Crippen LogP) is 3.84. The summed E-state index contributed by atoms with van der Waals surface area (Å²) in [5.41, 5.74) is 0.678. The van der Waals surface area contributed by atoms with Gasteiger partial charge < -0.3 is 0 Å². The Balaban J connectivity index is 2.55. The van der Waals surface area contributed by atoms with Gasteiger partial charge in [0.25, 0.3) is 0 Å². The monoisotopic (exact) mass is 318 g/mol. The minimum Gasteiger partial charge on any atom is -0.272 e. The first kappa shape index (κ1) is 16.1. The van der Waals surface area contributed by atoms with Gasteiger partial charge in [-0.3, -0.25) is 4.40 Å². The van der Waals surface area contributed by atoms with Gasteiger partial charge in [0.05, 0.1) is 0 Å². The number of hydrogen-bond acceptors (Lipinski definition) is 4. The third-order valence-corrected chi connectivity index (χ3v) is 4.18. The van der Waals surface area contributed by atoms with Crippen molar-refractivity contribution in [1.82, 2.24) is 19.6 Å². The normalized spacial score (nSPS) is 12.5.